The number of piperazine rings is 1. The lowest BCUT2D eigenvalue weighted by Gasteiger charge is -2.28. The van der Waals surface area contributed by atoms with E-state index in [9.17, 15) is 9.18 Å². The van der Waals surface area contributed by atoms with Crippen molar-refractivity contribution < 1.29 is 23.5 Å². The zero-order valence-electron chi connectivity index (χ0n) is 16.0. The van der Waals surface area contributed by atoms with Crippen molar-refractivity contribution in [1.82, 2.24) is 10.1 Å². The van der Waals surface area contributed by atoms with Gasteiger partial charge in [-0.1, -0.05) is 41.6 Å². The van der Waals surface area contributed by atoms with E-state index in [1.165, 1.54) is 21.9 Å². The summed E-state index contributed by atoms with van der Waals surface area (Å²) < 4.78 is 18.6. The molecule has 0 bridgehead atoms. The van der Waals surface area contributed by atoms with Crippen molar-refractivity contribution in [3.63, 3.8) is 0 Å². The number of carbonyl (C=O) groups excluding carboxylic acids is 1. The number of aromatic nitrogens is 2. The number of halogens is 1. The smallest absolute Gasteiger partial charge is 0.282 e. The van der Waals surface area contributed by atoms with E-state index in [1.807, 2.05) is 30.3 Å². The van der Waals surface area contributed by atoms with E-state index in [4.69, 9.17) is 4.52 Å². The number of hydrogen-bond donors (Lipinski definition) is 3. The highest BCUT2D eigenvalue weighted by Crippen LogP contribution is 2.14. The van der Waals surface area contributed by atoms with Gasteiger partial charge in [0.1, 0.15) is 32.0 Å². The monoisotopic (exact) mass is 397 g/mol. The van der Waals surface area contributed by atoms with Crippen molar-refractivity contribution in [1.29, 1.82) is 0 Å². The summed E-state index contributed by atoms with van der Waals surface area (Å²) in [5.74, 6) is 0.784. The summed E-state index contributed by atoms with van der Waals surface area (Å²) in [5, 5.41) is 6.83. The Labute approximate surface area is 168 Å². The lowest BCUT2D eigenvalue weighted by molar-refractivity contribution is -1.02. The molecular weight excluding hydrogens is 373 g/mol. The summed E-state index contributed by atoms with van der Waals surface area (Å²) in [4.78, 5) is 19.3. The van der Waals surface area contributed by atoms with E-state index >= 15 is 0 Å². The third-order valence-corrected chi connectivity index (χ3v) is 5.08. The van der Waals surface area contributed by atoms with E-state index in [1.54, 1.807) is 12.1 Å². The Balaban J connectivity index is 1.23. The Morgan fingerprint density at radius 1 is 1.03 bits per heavy atom. The Hall–Kier alpha value is -3.10. The van der Waals surface area contributed by atoms with Gasteiger partial charge in [-0.15, -0.1) is 0 Å². The molecule has 0 radical (unpaired) electrons. The van der Waals surface area contributed by atoms with Crippen LogP contribution in [0.4, 0.5) is 10.1 Å². The van der Waals surface area contributed by atoms with E-state index in [-0.39, 0.29) is 11.7 Å². The number of hydrogen-bond acceptors (Lipinski definition) is 4. The van der Waals surface area contributed by atoms with Crippen molar-refractivity contribution in [2.45, 2.75) is 6.54 Å². The van der Waals surface area contributed by atoms with Crippen LogP contribution in [0.1, 0.15) is 5.89 Å². The van der Waals surface area contributed by atoms with Crippen LogP contribution in [0.15, 0.2) is 59.1 Å². The molecule has 150 valence electrons. The molecule has 29 heavy (non-hydrogen) atoms. The highest BCUT2D eigenvalue weighted by Gasteiger charge is 2.26. The van der Waals surface area contributed by atoms with Crippen LogP contribution in [0.3, 0.4) is 0 Å². The van der Waals surface area contributed by atoms with Crippen molar-refractivity contribution in [2.24, 2.45) is 0 Å². The minimum absolute atomic E-state index is 0.0987. The Morgan fingerprint density at radius 2 is 1.79 bits per heavy atom. The van der Waals surface area contributed by atoms with Crippen molar-refractivity contribution in [3.8, 4) is 11.4 Å². The van der Waals surface area contributed by atoms with Crippen molar-refractivity contribution in [2.75, 3.05) is 38.0 Å². The number of rotatable bonds is 6. The van der Waals surface area contributed by atoms with Crippen LogP contribution in [-0.2, 0) is 11.3 Å². The molecule has 0 saturated carbocycles. The fourth-order valence-corrected chi connectivity index (χ4v) is 3.55. The third kappa shape index (κ3) is 5.24. The van der Waals surface area contributed by atoms with Gasteiger partial charge in [0.25, 0.3) is 11.8 Å². The average molecular weight is 397 g/mol. The standard InChI is InChI=1S/C21H22FN5O2/c22-17-7-4-8-18(13-17)23-19(28)14-26-9-11-27(12-10-26)15-20-24-21(25-29-20)16-5-2-1-3-6-16/h1-8,13H,9-12,14-15H2,(H,23,28)/p+2. The fourth-order valence-electron chi connectivity index (χ4n) is 3.55. The molecule has 1 amide bonds. The highest BCUT2D eigenvalue weighted by atomic mass is 19.1. The SMILES string of the molecule is O=C(C[NH+]1CC[NH+](Cc2nc(-c3ccccc3)no2)CC1)Nc1cccc(F)c1. The molecule has 1 fully saturated rings. The lowest BCUT2D eigenvalue weighted by atomic mass is 10.2. The molecular formula is C21H24FN5O2+2. The molecule has 2 aromatic carbocycles. The van der Waals surface area contributed by atoms with E-state index in [0.29, 0.717) is 30.5 Å². The summed E-state index contributed by atoms with van der Waals surface area (Å²) in [6.07, 6.45) is 0. The zero-order valence-corrected chi connectivity index (χ0v) is 16.0. The molecule has 0 unspecified atom stereocenters. The number of carbonyl (C=O) groups is 1. The maximum atomic E-state index is 13.2. The number of benzene rings is 2. The number of quaternary nitrogens is 2. The number of nitrogens with zero attached hydrogens (tertiary/aromatic N) is 2. The number of nitrogens with one attached hydrogen (secondary N) is 3. The van der Waals surface area contributed by atoms with Gasteiger partial charge in [0, 0.05) is 11.3 Å². The predicted octanol–water partition coefficient (Wildman–Crippen LogP) is -0.202. The minimum Gasteiger partial charge on any atom is -0.333 e. The van der Waals surface area contributed by atoms with Crippen molar-refractivity contribution >= 4 is 11.6 Å². The van der Waals surface area contributed by atoms with Gasteiger partial charge in [0.15, 0.2) is 13.1 Å². The van der Waals surface area contributed by atoms with Gasteiger partial charge in [-0.05, 0) is 18.2 Å². The molecule has 3 aromatic rings. The Kier molecular flexibility index (Phi) is 5.92. The molecule has 8 heteroatoms. The first-order valence-electron chi connectivity index (χ1n) is 9.76. The van der Waals surface area contributed by atoms with Crippen LogP contribution in [0.5, 0.6) is 0 Å². The van der Waals surface area contributed by atoms with Gasteiger partial charge < -0.3 is 19.6 Å². The molecule has 1 saturated heterocycles. The second-order valence-corrected chi connectivity index (χ2v) is 7.29. The molecule has 0 atom stereocenters. The summed E-state index contributed by atoms with van der Waals surface area (Å²) in [6, 6.07) is 15.7. The number of amides is 1. The average Bonchev–Trinajstić information content (AvgIpc) is 3.19. The van der Waals surface area contributed by atoms with Crippen LogP contribution in [0.2, 0.25) is 0 Å². The normalized spacial score (nSPS) is 19.1. The summed E-state index contributed by atoms with van der Waals surface area (Å²) in [5.41, 5.74) is 1.43. The summed E-state index contributed by atoms with van der Waals surface area (Å²) >= 11 is 0. The van der Waals surface area contributed by atoms with Gasteiger partial charge in [0.05, 0.1) is 0 Å². The van der Waals surface area contributed by atoms with Gasteiger partial charge in [-0.3, -0.25) is 4.79 Å². The fraction of sp³-hybridized carbons (Fsp3) is 0.286. The lowest BCUT2D eigenvalue weighted by Crippen LogP contribution is -3.28. The molecule has 3 N–H and O–H groups in total. The van der Waals surface area contributed by atoms with Crippen LogP contribution >= 0.6 is 0 Å². The maximum Gasteiger partial charge on any atom is 0.282 e. The number of anilines is 1. The largest absolute Gasteiger partial charge is 0.333 e. The highest BCUT2D eigenvalue weighted by molar-refractivity contribution is 5.91. The molecule has 0 aliphatic carbocycles. The van der Waals surface area contributed by atoms with Gasteiger partial charge >= 0.3 is 0 Å². The second-order valence-electron chi connectivity index (χ2n) is 7.29. The first-order chi connectivity index (χ1) is 14.2. The predicted molar refractivity (Wildman–Crippen MR) is 105 cm³/mol. The van der Waals surface area contributed by atoms with Crippen molar-refractivity contribution in [3.05, 3.63) is 66.3 Å². The van der Waals surface area contributed by atoms with Crippen LogP contribution in [0, 0.1) is 5.82 Å². The van der Waals surface area contributed by atoms with Crippen LogP contribution < -0.4 is 15.1 Å². The molecule has 1 aliphatic rings. The van der Waals surface area contributed by atoms with E-state index < -0.39 is 0 Å². The quantitative estimate of drug-likeness (QED) is 0.538. The molecule has 0 spiro atoms. The Bertz CT molecular complexity index is 954. The van der Waals surface area contributed by atoms with Gasteiger partial charge in [0.2, 0.25) is 5.82 Å². The van der Waals surface area contributed by atoms with Gasteiger partial charge in [-0.25, -0.2) is 4.39 Å². The third-order valence-electron chi connectivity index (χ3n) is 5.08. The minimum atomic E-state index is -0.358. The van der Waals surface area contributed by atoms with Crippen LogP contribution in [-0.4, -0.2) is 48.8 Å². The topological polar surface area (TPSA) is 76.9 Å². The Morgan fingerprint density at radius 3 is 2.55 bits per heavy atom. The summed E-state index contributed by atoms with van der Waals surface area (Å²) in [6.45, 7) is 4.67. The first-order valence-corrected chi connectivity index (χ1v) is 9.76. The zero-order chi connectivity index (χ0) is 20.1. The molecule has 7 nitrogen and oxygen atoms in total. The van der Waals surface area contributed by atoms with Gasteiger partial charge in [-0.2, -0.15) is 4.98 Å². The van der Waals surface area contributed by atoms with E-state index in [2.05, 4.69) is 15.5 Å². The molecule has 2 heterocycles. The first kappa shape index (κ1) is 19.2. The van der Waals surface area contributed by atoms with E-state index in [0.717, 1.165) is 31.7 Å². The second kappa shape index (κ2) is 8.93. The molecule has 1 aromatic heterocycles. The molecule has 1 aliphatic heterocycles. The molecule has 4 rings (SSSR count). The van der Waals surface area contributed by atoms with Crippen LogP contribution in [0.25, 0.3) is 11.4 Å². The summed E-state index contributed by atoms with van der Waals surface area (Å²) in [7, 11) is 0. The maximum absolute atomic E-state index is 13.2.